The number of hydrogen-bond donors (Lipinski definition) is 2. The summed E-state index contributed by atoms with van der Waals surface area (Å²) in [5.41, 5.74) is 0.677. The molecule has 142 valence electrons. The maximum Gasteiger partial charge on any atom is 0.435 e. The van der Waals surface area contributed by atoms with Gasteiger partial charge in [0.25, 0.3) is 0 Å². The van der Waals surface area contributed by atoms with Crippen LogP contribution < -0.4 is 4.90 Å². The number of carbonyl (C=O) groups is 1. The average Bonchev–Trinajstić information content (AvgIpc) is 3.39. The highest BCUT2D eigenvalue weighted by molar-refractivity contribution is 6.15. The van der Waals surface area contributed by atoms with Gasteiger partial charge in [-0.3, -0.25) is 15.0 Å². The molecule has 1 amide bonds. The Balaban J connectivity index is 1.83. The molecule has 1 saturated heterocycles. The number of H-pyrrole nitrogens is 2. The number of carbonyl (C=O) groups excluding carboxylic acids is 1. The van der Waals surface area contributed by atoms with Gasteiger partial charge in [0, 0.05) is 29.9 Å². The molecule has 0 spiro atoms. The first-order valence-corrected chi connectivity index (χ1v) is 8.62. The molecule has 1 aliphatic heterocycles. The molecule has 0 saturated carbocycles. The summed E-state index contributed by atoms with van der Waals surface area (Å²) in [5.74, 6) is -0.0674. The van der Waals surface area contributed by atoms with Gasteiger partial charge in [0.1, 0.15) is 0 Å². The maximum absolute atomic E-state index is 13.3. The van der Waals surface area contributed by atoms with Crippen LogP contribution in [0.2, 0.25) is 0 Å². The average molecular weight is 386 g/mol. The third kappa shape index (κ3) is 2.44. The van der Waals surface area contributed by atoms with Crippen LogP contribution in [-0.2, 0) is 11.0 Å². The molecule has 28 heavy (non-hydrogen) atoms. The van der Waals surface area contributed by atoms with Gasteiger partial charge >= 0.3 is 6.18 Å². The zero-order chi connectivity index (χ0) is 19.5. The molecule has 1 aromatic carbocycles. The lowest BCUT2D eigenvalue weighted by Crippen LogP contribution is -2.24. The summed E-state index contributed by atoms with van der Waals surface area (Å²) >= 11 is 0. The molecule has 10 heteroatoms. The van der Waals surface area contributed by atoms with E-state index in [-0.39, 0.29) is 17.2 Å². The summed E-state index contributed by atoms with van der Waals surface area (Å²) in [4.78, 5) is 18.4. The van der Waals surface area contributed by atoms with Crippen LogP contribution in [0.15, 0.2) is 30.6 Å². The van der Waals surface area contributed by atoms with E-state index in [9.17, 15) is 18.0 Å². The molecule has 0 aliphatic carbocycles. The van der Waals surface area contributed by atoms with Crippen molar-refractivity contribution in [2.45, 2.75) is 19.0 Å². The van der Waals surface area contributed by atoms with Crippen molar-refractivity contribution in [3.05, 3.63) is 36.3 Å². The van der Waals surface area contributed by atoms with Crippen LogP contribution in [-0.4, -0.2) is 37.8 Å². The number of pyridine rings is 1. The van der Waals surface area contributed by atoms with Crippen molar-refractivity contribution < 1.29 is 18.0 Å². The first-order valence-electron chi connectivity index (χ1n) is 8.62. The first kappa shape index (κ1) is 16.7. The third-order valence-electron chi connectivity index (χ3n) is 4.92. The van der Waals surface area contributed by atoms with E-state index in [2.05, 4.69) is 25.4 Å². The number of aromatic nitrogens is 5. The van der Waals surface area contributed by atoms with Gasteiger partial charge in [-0.05, 0) is 24.6 Å². The van der Waals surface area contributed by atoms with Gasteiger partial charge in [0.2, 0.25) is 5.91 Å². The van der Waals surface area contributed by atoms with Gasteiger partial charge < -0.3 is 4.90 Å². The minimum Gasteiger partial charge on any atom is -0.312 e. The van der Waals surface area contributed by atoms with Crippen molar-refractivity contribution >= 4 is 33.4 Å². The van der Waals surface area contributed by atoms with E-state index in [1.165, 1.54) is 12.3 Å². The number of alkyl halides is 3. The van der Waals surface area contributed by atoms with E-state index in [1.54, 1.807) is 23.2 Å². The van der Waals surface area contributed by atoms with E-state index in [0.29, 0.717) is 36.0 Å². The summed E-state index contributed by atoms with van der Waals surface area (Å²) in [6.07, 6.45) is -0.728. The fourth-order valence-electron chi connectivity index (χ4n) is 3.69. The Kier molecular flexibility index (Phi) is 3.45. The molecule has 4 aromatic rings. The number of nitrogens with zero attached hydrogens (tertiary/aromatic N) is 4. The van der Waals surface area contributed by atoms with Crippen LogP contribution in [0.1, 0.15) is 18.5 Å². The SMILES string of the molecule is O=C1CCCN1c1cc(-c2c[nH]nc2C(F)(F)F)nc2ccc3[nH]ncc3c12. The van der Waals surface area contributed by atoms with Crippen molar-refractivity contribution in [3.63, 3.8) is 0 Å². The molecule has 0 bridgehead atoms. The minimum absolute atomic E-state index is 0.0674. The van der Waals surface area contributed by atoms with Crippen LogP contribution in [0.25, 0.3) is 33.1 Å². The van der Waals surface area contributed by atoms with Gasteiger partial charge in [-0.25, -0.2) is 4.98 Å². The van der Waals surface area contributed by atoms with Gasteiger partial charge in [0.05, 0.1) is 34.2 Å². The monoisotopic (exact) mass is 386 g/mol. The predicted octanol–water partition coefficient (Wildman–Crippen LogP) is 3.65. The number of rotatable bonds is 2. The van der Waals surface area contributed by atoms with E-state index in [4.69, 9.17) is 0 Å². The Morgan fingerprint density at radius 3 is 2.82 bits per heavy atom. The maximum atomic E-state index is 13.3. The van der Waals surface area contributed by atoms with Gasteiger partial charge in [-0.2, -0.15) is 23.4 Å². The number of amides is 1. The molecule has 4 heterocycles. The van der Waals surface area contributed by atoms with Gasteiger partial charge in [-0.15, -0.1) is 0 Å². The fourth-order valence-corrected chi connectivity index (χ4v) is 3.69. The largest absolute Gasteiger partial charge is 0.435 e. The Hall–Kier alpha value is -3.43. The van der Waals surface area contributed by atoms with Crippen LogP contribution in [0.5, 0.6) is 0 Å². The topological polar surface area (TPSA) is 90.6 Å². The third-order valence-corrected chi connectivity index (χ3v) is 4.92. The van der Waals surface area contributed by atoms with Crippen LogP contribution in [0.4, 0.5) is 18.9 Å². The van der Waals surface area contributed by atoms with E-state index in [1.807, 2.05) is 0 Å². The summed E-state index contributed by atoms with van der Waals surface area (Å²) in [6.45, 7) is 0.503. The lowest BCUT2D eigenvalue weighted by Gasteiger charge is -2.20. The van der Waals surface area contributed by atoms with Crippen LogP contribution in [0, 0.1) is 0 Å². The highest BCUT2D eigenvalue weighted by Crippen LogP contribution is 2.40. The smallest absolute Gasteiger partial charge is 0.312 e. The van der Waals surface area contributed by atoms with Crippen molar-refractivity contribution in [2.24, 2.45) is 0 Å². The summed E-state index contributed by atoms with van der Waals surface area (Å²) in [5, 5.41) is 14.0. The second kappa shape index (κ2) is 5.78. The van der Waals surface area contributed by atoms with Crippen molar-refractivity contribution in [3.8, 4) is 11.3 Å². The van der Waals surface area contributed by atoms with E-state index in [0.717, 1.165) is 10.9 Å². The highest BCUT2D eigenvalue weighted by atomic mass is 19.4. The number of fused-ring (bicyclic) bond motifs is 3. The zero-order valence-electron chi connectivity index (χ0n) is 14.3. The standard InChI is InChI=1S/C18H13F3N6O/c19-18(20,21)17-10(8-23-26-17)13-6-14(27-5-1-2-15(27)28)16-9-7-22-25-11(9)3-4-12(16)24-13/h3-4,6-8H,1-2,5H2,(H,22,25)(H,23,26). The normalized spacial score (nSPS) is 15.2. The Morgan fingerprint density at radius 1 is 1.21 bits per heavy atom. The Labute approximate surface area is 155 Å². The number of halogens is 3. The van der Waals surface area contributed by atoms with Gasteiger partial charge in [0.15, 0.2) is 5.69 Å². The van der Waals surface area contributed by atoms with Crippen molar-refractivity contribution in [1.29, 1.82) is 0 Å². The lowest BCUT2D eigenvalue weighted by molar-refractivity contribution is -0.140. The zero-order valence-corrected chi connectivity index (χ0v) is 14.3. The molecule has 1 fully saturated rings. The molecule has 2 N–H and O–H groups in total. The van der Waals surface area contributed by atoms with Gasteiger partial charge in [-0.1, -0.05) is 0 Å². The molecule has 0 unspecified atom stereocenters. The van der Waals surface area contributed by atoms with Crippen molar-refractivity contribution in [1.82, 2.24) is 25.4 Å². The molecular formula is C18H13F3N6O. The summed E-state index contributed by atoms with van der Waals surface area (Å²) < 4.78 is 40.0. The van der Waals surface area contributed by atoms with E-state index >= 15 is 0 Å². The Bertz CT molecular complexity index is 1230. The lowest BCUT2D eigenvalue weighted by atomic mass is 10.0. The van der Waals surface area contributed by atoms with Crippen LogP contribution >= 0.6 is 0 Å². The van der Waals surface area contributed by atoms with Crippen LogP contribution in [0.3, 0.4) is 0 Å². The number of benzene rings is 1. The number of anilines is 1. The predicted molar refractivity (Wildman–Crippen MR) is 95.6 cm³/mol. The molecular weight excluding hydrogens is 373 g/mol. The highest BCUT2D eigenvalue weighted by Gasteiger charge is 2.37. The number of hydrogen-bond acceptors (Lipinski definition) is 4. The van der Waals surface area contributed by atoms with E-state index < -0.39 is 11.9 Å². The molecule has 5 rings (SSSR count). The van der Waals surface area contributed by atoms with Crippen molar-refractivity contribution in [2.75, 3.05) is 11.4 Å². The quantitative estimate of drug-likeness (QED) is 0.550. The summed E-state index contributed by atoms with van der Waals surface area (Å²) in [6, 6.07) is 4.99. The molecule has 7 nitrogen and oxygen atoms in total. The second-order valence-electron chi connectivity index (χ2n) is 6.61. The summed E-state index contributed by atoms with van der Waals surface area (Å²) in [7, 11) is 0. The molecule has 0 atom stereocenters. The minimum atomic E-state index is -4.62. The molecule has 0 radical (unpaired) electrons. The Morgan fingerprint density at radius 2 is 2.07 bits per heavy atom. The molecule has 1 aliphatic rings. The number of aromatic amines is 2. The fraction of sp³-hybridized carbons (Fsp3) is 0.222. The number of nitrogens with one attached hydrogen (secondary N) is 2. The first-order chi connectivity index (χ1) is 13.4. The second-order valence-corrected chi connectivity index (χ2v) is 6.61. The molecule has 3 aromatic heterocycles.